The van der Waals surface area contributed by atoms with Crippen LogP contribution in [0.2, 0.25) is 10.0 Å². The van der Waals surface area contributed by atoms with Crippen molar-refractivity contribution in [3.8, 4) is 11.3 Å². The highest BCUT2D eigenvalue weighted by Gasteiger charge is 2.28. The first-order chi connectivity index (χ1) is 19.3. The smallest absolute Gasteiger partial charge is 0.273 e. The Hall–Kier alpha value is -2.93. The number of thiazole rings is 1. The summed E-state index contributed by atoms with van der Waals surface area (Å²) in [7, 11) is 0. The minimum atomic E-state index is -0.338. The molecule has 1 aliphatic heterocycles. The first kappa shape index (κ1) is 28.6. The van der Waals surface area contributed by atoms with E-state index in [0.717, 1.165) is 21.2 Å². The van der Waals surface area contributed by atoms with Crippen LogP contribution in [0.3, 0.4) is 0 Å². The third kappa shape index (κ3) is 7.42. The van der Waals surface area contributed by atoms with Crippen molar-refractivity contribution in [2.24, 2.45) is 0 Å². The topological polar surface area (TPSA) is 123 Å². The normalized spacial score (nSPS) is 18.8. The summed E-state index contributed by atoms with van der Waals surface area (Å²) in [4.78, 5) is 36.2. The fraction of sp³-hybridized carbons (Fsp3) is 0.259. The van der Waals surface area contributed by atoms with Gasteiger partial charge in [0.05, 0.1) is 47.1 Å². The Labute approximate surface area is 249 Å². The number of likely N-dealkylation sites (tertiary alicyclic amines) is 1. The van der Waals surface area contributed by atoms with Gasteiger partial charge in [0.25, 0.3) is 5.91 Å². The average molecular weight is 618 g/mol. The molecule has 2 aromatic heterocycles. The van der Waals surface area contributed by atoms with Crippen molar-refractivity contribution in [2.45, 2.75) is 29.8 Å². The number of nitrogens with one attached hydrogen (secondary N) is 3. The molecule has 3 N–H and O–H groups in total. The van der Waals surface area contributed by atoms with E-state index in [4.69, 9.17) is 23.2 Å². The molecule has 40 heavy (non-hydrogen) atoms. The lowest BCUT2D eigenvalue weighted by Gasteiger charge is -2.47. The van der Waals surface area contributed by atoms with Crippen molar-refractivity contribution in [1.29, 1.82) is 0 Å². The number of benzene rings is 2. The number of halogens is 2. The number of thioether (sulfide) groups is 1. The number of aromatic amines is 1. The monoisotopic (exact) mass is 616 g/mol. The van der Waals surface area contributed by atoms with Crippen LogP contribution in [0.15, 0.2) is 64.7 Å². The fourth-order valence-electron chi connectivity index (χ4n) is 4.50. The van der Waals surface area contributed by atoms with Gasteiger partial charge in [-0.3, -0.25) is 9.59 Å². The molecule has 0 bridgehead atoms. The number of hydrogen-bond donors (Lipinski definition) is 3. The molecule has 13 heteroatoms. The zero-order valence-electron chi connectivity index (χ0n) is 21.2. The number of nitrogens with zero attached hydrogens (tertiary/aromatic N) is 3. The first-order valence-corrected chi connectivity index (χ1v) is 15.2. The number of piperidine rings is 1. The molecule has 2 aromatic carbocycles. The van der Waals surface area contributed by atoms with Gasteiger partial charge >= 0.3 is 0 Å². The van der Waals surface area contributed by atoms with Gasteiger partial charge in [-0.2, -0.15) is 0 Å². The van der Waals surface area contributed by atoms with Crippen molar-refractivity contribution in [3.05, 3.63) is 86.9 Å². The van der Waals surface area contributed by atoms with Gasteiger partial charge in [0.1, 0.15) is 12.2 Å². The lowest BCUT2D eigenvalue weighted by molar-refractivity contribution is -0.898. The summed E-state index contributed by atoms with van der Waals surface area (Å²) in [6.45, 7) is 1.19. The minimum Gasteiger partial charge on any atom is -0.633 e. The number of H-pyrrole nitrogens is 1. The number of quaternary nitrogens is 1. The Morgan fingerprint density at radius 1 is 1.15 bits per heavy atom. The van der Waals surface area contributed by atoms with Crippen LogP contribution in [-0.4, -0.2) is 56.3 Å². The number of carbonyl (C=O) groups is 2. The largest absolute Gasteiger partial charge is 0.633 e. The van der Waals surface area contributed by atoms with Crippen LogP contribution in [0.1, 0.15) is 28.9 Å². The highest BCUT2D eigenvalue weighted by molar-refractivity contribution is 8.01. The van der Waals surface area contributed by atoms with Gasteiger partial charge in [0, 0.05) is 41.1 Å². The van der Waals surface area contributed by atoms with Crippen molar-refractivity contribution in [2.75, 3.05) is 24.2 Å². The molecule has 1 aliphatic rings. The molecule has 5 rings (SSSR count). The van der Waals surface area contributed by atoms with Crippen LogP contribution in [0.4, 0.5) is 5.69 Å². The van der Waals surface area contributed by atoms with E-state index >= 15 is 0 Å². The molecular formula is C27H26Cl2N6O3S2. The van der Waals surface area contributed by atoms with Gasteiger partial charge in [-0.25, -0.2) is 9.97 Å². The van der Waals surface area contributed by atoms with E-state index in [9.17, 15) is 14.8 Å². The Morgan fingerprint density at radius 3 is 2.73 bits per heavy atom. The van der Waals surface area contributed by atoms with Crippen molar-refractivity contribution < 1.29 is 14.2 Å². The van der Waals surface area contributed by atoms with Crippen LogP contribution >= 0.6 is 46.3 Å². The predicted molar refractivity (Wildman–Crippen MR) is 160 cm³/mol. The number of imidazole rings is 1. The molecule has 3 heterocycles. The number of aromatic nitrogens is 3. The van der Waals surface area contributed by atoms with E-state index in [1.165, 1.54) is 35.6 Å². The van der Waals surface area contributed by atoms with Crippen LogP contribution < -0.4 is 10.6 Å². The van der Waals surface area contributed by atoms with Gasteiger partial charge in [-0.1, -0.05) is 53.2 Å². The quantitative estimate of drug-likeness (QED) is 0.121. The molecule has 0 unspecified atom stereocenters. The third-order valence-electron chi connectivity index (χ3n) is 6.56. The van der Waals surface area contributed by atoms with Crippen LogP contribution in [0, 0.1) is 5.21 Å². The third-order valence-corrected chi connectivity index (χ3v) is 9.32. The standard InChI is InChI=1S/C27H26Cl2N6O3S2/c28-21-5-4-17(10-22(21)29)13-35(38)8-6-19(7-9-35)32-25(36)15-40-27-34-24(14-39-27)18-2-1-3-20(11-18)33-26(37)23-12-30-16-31-23/h1-5,10-12,14,16,19H,6-9,13,15H2,(H,30,31)(H,32,36)(H,33,37). The van der Waals surface area contributed by atoms with Crippen molar-refractivity contribution in [1.82, 2.24) is 20.3 Å². The van der Waals surface area contributed by atoms with E-state index in [1.807, 2.05) is 29.6 Å². The first-order valence-electron chi connectivity index (χ1n) is 12.6. The summed E-state index contributed by atoms with van der Waals surface area (Å²) in [5.41, 5.74) is 3.50. The van der Waals surface area contributed by atoms with Gasteiger partial charge in [0.2, 0.25) is 5.91 Å². The molecule has 1 fully saturated rings. The van der Waals surface area contributed by atoms with Crippen molar-refractivity contribution >= 4 is 63.8 Å². The molecule has 0 aliphatic carbocycles. The summed E-state index contributed by atoms with van der Waals surface area (Å²) < 4.78 is 0.437. The Balaban J connectivity index is 1.08. The maximum absolute atomic E-state index is 13.2. The van der Waals surface area contributed by atoms with Gasteiger partial charge < -0.3 is 25.5 Å². The zero-order chi connectivity index (χ0) is 28.1. The number of hydrogen-bond acceptors (Lipinski definition) is 7. The highest BCUT2D eigenvalue weighted by atomic mass is 35.5. The Morgan fingerprint density at radius 2 is 1.98 bits per heavy atom. The lowest BCUT2D eigenvalue weighted by atomic mass is 10.0. The molecule has 2 amide bonds. The van der Waals surface area contributed by atoms with Gasteiger partial charge in [0.15, 0.2) is 4.34 Å². The Kier molecular flexibility index (Phi) is 9.09. The average Bonchev–Trinajstić information content (AvgIpc) is 3.64. The number of amides is 2. The summed E-state index contributed by atoms with van der Waals surface area (Å²) in [5, 5.41) is 21.9. The predicted octanol–water partition coefficient (Wildman–Crippen LogP) is 5.98. The van der Waals surface area contributed by atoms with Crippen molar-refractivity contribution in [3.63, 3.8) is 0 Å². The second-order valence-electron chi connectivity index (χ2n) is 9.54. The van der Waals surface area contributed by atoms with E-state index in [2.05, 4.69) is 25.6 Å². The minimum absolute atomic E-state index is 0.0197. The molecular weight excluding hydrogens is 591 g/mol. The van der Waals surface area contributed by atoms with Crippen LogP contribution in [0.5, 0.6) is 0 Å². The SMILES string of the molecule is O=C(CSc1nc(-c2cccc(NC(=O)c3cnc[nH]3)c2)cs1)NC1CC[N+]([O-])(Cc2ccc(Cl)c(Cl)c2)CC1. The summed E-state index contributed by atoms with van der Waals surface area (Å²) in [6, 6.07) is 12.7. The summed E-state index contributed by atoms with van der Waals surface area (Å²) in [5.74, 6) is -0.116. The Bertz CT molecular complexity index is 1490. The molecule has 1 saturated heterocycles. The summed E-state index contributed by atoms with van der Waals surface area (Å²) >= 11 is 14.9. The number of hydroxylamine groups is 3. The van der Waals surface area contributed by atoms with E-state index in [0.29, 0.717) is 53.9 Å². The second-order valence-corrected chi connectivity index (χ2v) is 12.4. The maximum atomic E-state index is 13.2. The second kappa shape index (κ2) is 12.7. The molecule has 0 saturated carbocycles. The summed E-state index contributed by atoms with van der Waals surface area (Å²) in [6.07, 6.45) is 4.15. The van der Waals surface area contributed by atoms with Crippen LogP contribution in [-0.2, 0) is 11.3 Å². The van der Waals surface area contributed by atoms with E-state index < -0.39 is 0 Å². The zero-order valence-corrected chi connectivity index (χ0v) is 24.4. The highest BCUT2D eigenvalue weighted by Crippen LogP contribution is 2.30. The van der Waals surface area contributed by atoms with Gasteiger partial charge in [-0.15, -0.1) is 11.3 Å². The lowest BCUT2D eigenvalue weighted by Crippen LogP contribution is -2.52. The number of anilines is 1. The molecule has 0 spiro atoms. The number of rotatable bonds is 9. The molecule has 208 valence electrons. The van der Waals surface area contributed by atoms with E-state index in [1.54, 1.807) is 18.2 Å². The molecule has 0 atom stereocenters. The van der Waals surface area contributed by atoms with E-state index in [-0.39, 0.29) is 28.3 Å². The molecule has 4 aromatic rings. The number of carbonyl (C=O) groups excluding carboxylic acids is 2. The fourth-order valence-corrected chi connectivity index (χ4v) is 6.47. The van der Waals surface area contributed by atoms with Gasteiger partial charge in [-0.05, 0) is 24.3 Å². The molecule has 0 radical (unpaired) electrons. The van der Waals surface area contributed by atoms with Crippen LogP contribution in [0.25, 0.3) is 11.3 Å². The molecule has 9 nitrogen and oxygen atoms in total. The maximum Gasteiger partial charge on any atom is 0.273 e.